The van der Waals surface area contributed by atoms with Crippen LogP contribution in [-0.4, -0.2) is 41.3 Å². The molecule has 1 aliphatic heterocycles. The van der Waals surface area contributed by atoms with Gasteiger partial charge in [0.05, 0.1) is 6.61 Å². The van der Waals surface area contributed by atoms with Crippen molar-refractivity contribution in [3.63, 3.8) is 0 Å². The van der Waals surface area contributed by atoms with Gasteiger partial charge in [-0.2, -0.15) is 0 Å². The molecule has 1 saturated heterocycles. The summed E-state index contributed by atoms with van der Waals surface area (Å²) < 4.78 is 10.9. The molecule has 1 fully saturated rings. The topological polar surface area (TPSA) is 55.8 Å². The Morgan fingerprint density at radius 3 is 2.14 bits per heavy atom. The molecule has 0 spiro atoms. The van der Waals surface area contributed by atoms with Crippen LogP contribution in [0.2, 0.25) is 0 Å². The van der Waals surface area contributed by atoms with Crippen molar-refractivity contribution in [3.05, 3.63) is 0 Å². The molecule has 0 saturated carbocycles. The number of carbonyl (C=O) groups excluding carboxylic acids is 2. The Morgan fingerprint density at radius 2 is 1.68 bits per heavy atom. The van der Waals surface area contributed by atoms with Crippen LogP contribution in [0.5, 0.6) is 0 Å². The second kappa shape index (κ2) is 6.47. The van der Waals surface area contributed by atoms with Gasteiger partial charge in [-0.25, -0.2) is 9.59 Å². The Bertz CT molecular complexity index is 419. The number of hydrogen-bond acceptors (Lipinski definition) is 4. The molecule has 0 aromatic carbocycles. The molecule has 0 aromatic heterocycles. The van der Waals surface area contributed by atoms with Crippen molar-refractivity contribution in [1.29, 1.82) is 0 Å². The van der Waals surface area contributed by atoms with Crippen LogP contribution < -0.4 is 0 Å². The first kappa shape index (κ1) is 18.8. The molecule has 1 aliphatic rings. The van der Waals surface area contributed by atoms with Crippen LogP contribution in [0.4, 0.5) is 4.79 Å². The molecule has 0 aromatic rings. The van der Waals surface area contributed by atoms with E-state index >= 15 is 0 Å². The zero-order valence-corrected chi connectivity index (χ0v) is 15.1. The van der Waals surface area contributed by atoms with Gasteiger partial charge in [-0.05, 0) is 52.4 Å². The molecule has 0 unspecified atom stereocenters. The van der Waals surface area contributed by atoms with E-state index in [0.717, 1.165) is 12.8 Å². The number of carbonyl (C=O) groups is 2. The van der Waals surface area contributed by atoms with Crippen LogP contribution in [-0.2, 0) is 14.3 Å². The Kier molecular flexibility index (Phi) is 5.52. The molecule has 1 atom stereocenters. The van der Waals surface area contributed by atoms with Gasteiger partial charge in [0.1, 0.15) is 11.1 Å². The molecule has 1 rings (SSSR count). The van der Waals surface area contributed by atoms with Gasteiger partial charge < -0.3 is 9.47 Å². The fourth-order valence-electron chi connectivity index (χ4n) is 3.09. The maximum Gasteiger partial charge on any atom is 0.411 e. The van der Waals surface area contributed by atoms with E-state index in [4.69, 9.17) is 9.47 Å². The van der Waals surface area contributed by atoms with Crippen LogP contribution in [0.25, 0.3) is 0 Å². The normalized spacial score (nSPS) is 23.1. The van der Waals surface area contributed by atoms with Gasteiger partial charge in [0.15, 0.2) is 0 Å². The summed E-state index contributed by atoms with van der Waals surface area (Å²) in [5.74, 6) is -0.326. The summed E-state index contributed by atoms with van der Waals surface area (Å²) in [6.07, 6.45) is 1.94. The fraction of sp³-hybridized carbons (Fsp3) is 0.882. The number of amides is 1. The number of rotatable bonds is 2. The first-order valence-corrected chi connectivity index (χ1v) is 8.13. The van der Waals surface area contributed by atoms with Gasteiger partial charge in [0, 0.05) is 6.54 Å². The van der Waals surface area contributed by atoms with Crippen LogP contribution >= 0.6 is 0 Å². The largest absolute Gasteiger partial charge is 0.464 e. The molecule has 5 nitrogen and oxygen atoms in total. The lowest BCUT2D eigenvalue weighted by molar-refractivity contribution is -0.169. The van der Waals surface area contributed by atoms with E-state index in [9.17, 15) is 9.59 Å². The van der Waals surface area contributed by atoms with Crippen LogP contribution in [0.15, 0.2) is 0 Å². The first-order chi connectivity index (χ1) is 9.95. The molecule has 22 heavy (non-hydrogen) atoms. The van der Waals surface area contributed by atoms with Gasteiger partial charge in [0.25, 0.3) is 0 Å². The predicted molar refractivity (Wildman–Crippen MR) is 85.6 cm³/mol. The minimum absolute atomic E-state index is 0.304. The molecule has 0 bridgehead atoms. The second-order valence-corrected chi connectivity index (χ2v) is 7.92. The van der Waals surface area contributed by atoms with Gasteiger partial charge in [-0.1, -0.05) is 20.8 Å². The highest BCUT2D eigenvalue weighted by molar-refractivity contribution is 5.87. The maximum atomic E-state index is 12.8. The van der Waals surface area contributed by atoms with E-state index in [0.29, 0.717) is 19.6 Å². The minimum atomic E-state index is -0.969. The quantitative estimate of drug-likeness (QED) is 0.728. The molecule has 0 N–H and O–H groups in total. The Hall–Kier alpha value is -1.26. The van der Waals surface area contributed by atoms with Crippen molar-refractivity contribution >= 4 is 12.1 Å². The average molecular weight is 313 g/mol. The number of piperidine rings is 1. The maximum absolute atomic E-state index is 12.8. The van der Waals surface area contributed by atoms with Gasteiger partial charge in [-0.3, -0.25) is 4.90 Å². The van der Waals surface area contributed by atoms with Crippen molar-refractivity contribution in [2.45, 2.75) is 78.9 Å². The molecule has 1 heterocycles. The summed E-state index contributed by atoms with van der Waals surface area (Å²) in [6, 6.07) is 0. The fourth-order valence-corrected chi connectivity index (χ4v) is 3.09. The third-order valence-corrected chi connectivity index (χ3v) is 4.10. The molecule has 0 radical (unpaired) electrons. The summed E-state index contributed by atoms with van der Waals surface area (Å²) in [5.41, 5.74) is -1.99. The van der Waals surface area contributed by atoms with Crippen molar-refractivity contribution in [2.75, 3.05) is 13.2 Å². The second-order valence-electron chi connectivity index (χ2n) is 7.92. The van der Waals surface area contributed by atoms with Gasteiger partial charge in [-0.15, -0.1) is 0 Å². The van der Waals surface area contributed by atoms with Gasteiger partial charge in [0.2, 0.25) is 0 Å². The summed E-state index contributed by atoms with van der Waals surface area (Å²) in [5, 5.41) is 0. The van der Waals surface area contributed by atoms with E-state index < -0.39 is 22.6 Å². The van der Waals surface area contributed by atoms with Crippen molar-refractivity contribution < 1.29 is 19.1 Å². The number of hydrogen-bond donors (Lipinski definition) is 0. The Morgan fingerprint density at radius 1 is 1.09 bits per heavy atom. The summed E-state index contributed by atoms with van der Waals surface area (Å²) in [7, 11) is 0. The molecule has 0 aliphatic carbocycles. The zero-order valence-electron chi connectivity index (χ0n) is 15.1. The molecule has 1 amide bonds. The highest BCUT2D eigenvalue weighted by Gasteiger charge is 2.57. The first-order valence-electron chi connectivity index (χ1n) is 8.13. The number of ether oxygens (including phenoxy) is 2. The summed E-state index contributed by atoms with van der Waals surface area (Å²) in [6.45, 7) is 14.0. The van der Waals surface area contributed by atoms with E-state index in [-0.39, 0.29) is 5.97 Å². The standard InChI is InChI=1S/C17H31NO4/c1-8-21-13(19)17(15(2,3)4)11-9-10-12-18(17)14(20)22-16(5,6)7/h8-12H2,1-7H3/t17-/m1/s1. The van der Waals surface area contributed by atoms with Gasteiger partial charge >= 0.3 is 12.1 Å². The van der Waals surface area contributed by atoms with E-state index in [1.165, 1.54) is 0 Å². The third kappa shape index (κ3) is 3.73. The molecular formula is C17H31NO4. The van der Waals surface area contributed by atoms with E-state index in [2.05, 4.69) is 0 Å². The molecule has 5 heteroatoms. The van der Waals surface area contributed by atoms with Crippen molar-refractivity contribution in [2.24, 2.45) is 5.41 Å². The lowest BCUT2D eigenvalue weighted by Crippen LogP contribution is -2.66. The van der Waals surface area contributed by atoms with Crippen LogP contribution in [0, 0.1) is 5.41 Å². The number of likely N-dealkylation sites (tertiary alicyclic amines) is 1. The average Bonchev–Trinajstić information content (AvgIpc) is 2.35. The SMILES string of the molecule is CCOC(=O)[C@@]1(C(C)(C)C)CCCCN1C(=O)OC(C)(C)C. The summed E-state index contributed by atoms with van der Waals surface area (Å²) in [4.78, 5) is 27.1. The minimum Gasteiger partial charge on any atom is -0.464 e. The lowest BCUT2D eigenvalue weighted by atomic mass is 9.68. The lowest BCUT2D eigenvalue weighted by Gasteiger charge is -2.52. The summed E-state index contributed by atoms with van der Waals surface area (Å²) >= 11 is 0. The Labute approximate surface area is 134 Å². The van der Waals surface area contributed by atoms with Crippen molar-refractivity contribution in [1.82, 2.24) is 4.90 Å². The zero-order chi connectivity index (χ0) is 17.2. The monoisotopic (exact) mass is 313 g/mol. The smallest absolute Gasteiger partial charge is 0.411 e. The molecule has 128 valence electrons. The highest BCUT2D eigenvalue weighted by Crippen LogP contribution is 2.44. The molecular weight excluding hydrogens is 282 g/mol. The van der Waals surface area contributed by atoms with Crippen LogP contribution in [0.3, 0.4) is 0 Å². The van der Waals surface area contributed by atoms with E-state index in [1.54, 1.807) is 11.8 Å². The predicted octanol–water partition coefficient (Wildman–Crippen LogP) is 3.76. The number of nitrogens with zero attached hydrogens (tertiary/aromatic N) is 1. The van der Waals surface area contributed by atoms with Crippen LogP contribution in [0.1, 0.15) is 67.7 Å². The van der Waals surface area contributed by atoms with Crippen molar-refractivity contribution in [3.8, 4) is 0 Å². The third-order valence-electron chi connectivity index (χ3n) is 4.10. The number of esters is 1. The highest BCUT2D eigenvalue weighted by atomic mass is 16.6. The Balaban J connectivity index is 3.24. The van der Waals surface area contributed by atoms with E-state index in [1.807, 2.05) is 41.5 Å².